The Labute approximate surface area is 228 Å². The van der Waals surface area contributed by atoms with Gasteiger partial charge in [0, 0.05) is 17.7 Å². The van der Waals surface area contributed by atoms with Gasteiger partial charge in [0.2, 0.25) is 17.7 Å². The van der Waals surface area contributed by atoms with Crippen LogP contribution in [0.2, 0.25) is 0 Å². The van der Waals surface area contributed by atoms with E-state index in [-0.39, 0.29) is 40.9 Å². The number of halogens is 1. The molecular formula is C27H31BrN4O6. The van der Waals surface area contributed by atoms with Crippen LogP contribution in [0.25, 0.3) is 10.9 Å². The summed E-state index contributed by atoms with van der Waals surface area (Å²) in [6, 6.07) is 5.34. The number of carboxylic acid groups (broad SMARTS) is 1. The highest BCUT2D eigenvalue weighted by Crippen LogP contribution is 2.45. The average Bonchev–Trinajstić information content (AvgIpc) is 3.43. The first-order chi connectivity index (χ1) is 18.2. The number of aliphatic carboxylic acids is 1. The number of rotatable bonds is 3. The van der Waals surface area contributed by atoms with Crippen molar-refractivity contribution in [3.63, 3.8) is 0 Å². The van der Waals surface area contributed by atoms with Gasteiger partial charge in [-0.1, -0.05) is 37.1 Å². The highest BCUT2D eigenvalue weighted by molar-refractivity contribution is 9.10. The summed E-state index contributed by atoms with van der Waals surface area (Å²) in [6.07, 6.45) is 7.55. The summed E-state index contributed by atoms with van der Waals surface area (Å²) in [5, 5.41) is 23.8. The molecule has 1 saturated heterocycles. The number of carboxylic acids is 1. The maximum Gasteiger partial charge on any atom is 0.330 e. The predicted molar refractivity (Wildman–Crippen MR) is 142 cm³/mol. The number of benzene rings is 1. The molecule has 1 aromatic heterocycles. The van der Waals surface area contributed by atoms with Crippen molar-refractivity contribution in [2.75, 3.05) is 6.54 Å². The number of aromatic hydroxyl groups is 1. The molecule has 1 aromatic carbocycles. The second kappa shape index (κ2) is 10.5. The van der Waals surface area contributed by atoms with Crippen molar-refractivity contribution < 1.29 is 29.3 Å². The van der Waals surface area contributed by atoms with Crippen LogP contribution in [0, 0.1) is 5.92 Å². The van der Waals surface area contributed by atoms with Crippen molar-refractivity contribution in [2.24, 2.45) is 11.7 Å². The van der Waals surface area contributed by atoms with Gasteiger partial charge in [0.1, 0.15) is 27.9 Å². The van der Waals surface area contributed by atoms with Crippen LogP contribution in [0.4, 0.5) is 0 Å². The van der Waals surface area contributed by atoms with Crippen molar-refractivity contribution in [1.29, 1.82) is 0 Å². The van der Waals surface area contributed by atoms with Crippen LogP contribution in [0.3, 0.4) is 0 Å². The summed E-state index contributed by atoms with van der Waals surface area (Å²) in [5.41, 5.74) is 5.40. The number of nitrogens with one attached hydrogen (secondary N) is 1. The SMILES string of the molecule is N[C@H]1CCCCC/C=C\[C@@H]2C[C@@]2(C(=O)O)NC(=O)[C@@H]2C[C@@H](Oc3nc4ccccc4c(O)c3Br)CN2C1=O. The summed E-state index contributed by atoms with van der Waals surface area (Å²) in [5.74, 6) is -2.18. The number of carbonyl (C=O) groups excluding carboxylic acids is 2. The molecule has 38 heavy (non-hydrogen) atoms. The van der Waals surface area contributed by atoms with Gasteiger partial charge >= 0.3 is 5.97 Å². The maximum atomic E-state index is 13.5. The normalized spacial score (nSPS) is 30.9. The number of hydrogen-bond acceptors (Lipinski definition) is 7. The predicted octanol–water partition coefficient (Wildman–Crippen LogP) is 2.86. The number of aromatic nitrogens is 1. The van der Waals surface area contributed by atoms with Crippen LogP contribution in [-0.4, -0.2) is 68.2 Å². The third-order valence-electron chi connectivity index (χ3n) is 7.72. The summed E-state index contributed by atoms with van der Waals surface area (Å²) in [7, 11) is 0. The molecule has 202 valence electrons. The zero-order valence-corrected chi connectivity index (χ0v) is 22.4. The molecule has 10 nitrogen and oxygen atoms in total. The van der Waals surface area contributed by atoms with Crippen LogP contribution in [0.1, 0.15) is 44.9 Å². The first-order valence-electron chi connectivity index (χ1n) is 12.9. The van der Waals surface area contributed by atoms with Gasteiger partial charge in [0.25, 0.3) is 0 Å². The Morgan fingerprint density at radius 2 is 2.03 bits per heavy atom. The highest BCUT2D eigenvalue weighted by Gasteiger charge is 2.61. The average molecular weight is 587 g/mol. The van der Waals surface area contributed by atoms with E-state index in [0.717, 1.165) is 25.7 Å². The smallest absolute Gasteiger partial charge is 0.330 e. The Morgan fingerprint density at radius 3 is 2.82 bits per heavy atom. The summed E-state index contributed by atoms with van der Waals surface area (Å²) in [4.78, 5) is 44.9. The molecular weight excluding hydrogens is 556 g/mol. The minimum Gasteiger partial charge on any atom is -0.506 e. The van der Waals surface area contributed by atoms with E-state index >= 15 is 0 Å². The monoisotopic (exact) mass is 586 g/mol. The second-order valence-corrected chi connectivity index (χ2v) is 11.1. The molecule has 3 aliphatic rings. The number of para-hydroxylation sites is 1. The minimum atomic E-state index is -1.38. The molecule has 5 rings (SSSR count). The van der Waals surface area contributed by atoms with Gasteiger partial charge in [-0.3, -0.25) is 9.59 Å². The Kier molecular flexibility index (Phi) is 7.32. The van der Waals surface area contributed by atoms with Gasteiger partial charge in [-0.25, -0.2) is 9.78 Å². The van der Waals surface area contributed by atoms with E-state index in [1.54, 1.807) is 24.3 Å². The fourth-order valence-electron chi connectivity index (χ4n) is 5.43. The topological polar surface area (TPSA) is 155 Å². The van der Waals surface area contributed by atoms with Crippen LogP contribution in [0.5, 0.6) is 11.6 Å². The van der Waals surface area contributed by atoms with Gasteiger partial charge in [-0.05, 0) is 53.7 Å². The molecule has 1 saturated carbocycles. The third kappa shape index (κ3) is 4.96. The van der Waals surface area contributed by atoms with E-state index in [1.165, 1.54) is 4.90 Å². The zero-order valence-electron chi connectivity index (χ0n) is 20.8. The van der Waals surface area contributed by atoms with E-state index < -0.39 is 35.6 Å². The lowest BCUT2D eigenvalue weighted by molar-refractivity contribution is -0.145. The molecule has 2 amide bonds. The standard InChI is InChI=1S/C27H31BrN4O6/c28-21-22(33)17-9-6-7-11-19(17)30-24(21)38-16-12-20-23(34)31-27(26(36)37)13-15(27)8-4-2-1-3-5-10-18(29)25(35)32(20)14-16/h4,6-9,11,15-16,18,20H,1-3,5,10,12-14,29H2,(H,30,33)(H,31,34)(H,36,37)/b8-4-/t15-,16-,18+,20+,27-/m1/s1. The van der Waals surface area contributed by atoms with Crippen molar-refractivity contribution in [1.82, 2.24) is 15.2 Å². The lowest BCUT2D eigenvalue weighted by Crippen LogP contribution is -2.55. The number of amides is 2. The van der Waals surface area contributed by atoms with Crippen LogP contribution in [-0.2, 0) is 14.4 Å². The Hall–Kier alpha value is -3.18. The third-order valence-corrected chi connectivity index (χ3v) is 8.43. The Bertz CT molecular complexity index is 1300. The van der Waals surface area contributed by atoms with Gasteiger partial charge in [-0.15, -0.1) is 0 Å². The second-order valence-electron chi connectivity index (χ2n) is 10.3. The molecule has 11 heteroatoms. The number of carbonyl (C=O) groups is 3. The van der Waals surface area contributed by atoms with Crippen LogP contribution in [0.15, 0.2) is 40.9 Å². The van der Waals surface area contributed by atoms with E-state index in [9.17, 15) is 24.6 Å². The van der Waals surface area contributed by atoms with Gasteiger partial charge in [-0.2, -0.15) is 0 Å². The minimum absolute atomic E-state index is 0.0227. The van der Waals surface area contributed by atoms with E-state index in [0.29, 0.717) is 23.7 Å². The van der Waals surface area contributed by atoms with Crippen molar-refractivity contribution in [3.05, 3.63) is 40.9 Å². The maximum absolute atomic E-state index is 13.5. The number of nitrogens with zero attached hydrogens (tertiary/aromatic N) is 2. The van der Waals surface area contributed by atoms with Crippen molar-refractivity contribution >= 4 is 44.6 Å². The lowest BCUT2D eigenvalue weighted by Gasteiger charge is -2.27. The van der Waals surface area contributed by atoms with Gasteiger partial charge in [0.05, 0.1) is 18.1 Å². The molecule has 2 aliphatic heterocycles. The number of allylic oxidation sites excluding steroid dienone is 1. The molecule has 3 heterocycles. The van der Waals surface area contributed by atoms with E-state index in [2.05, 4.69) is 26.2 Å². The van der Waals surface area contributed by atoms with Gasteiger partial charge < -0.3 is 30.9 Å². The van der Waals surface area contributed by atoms with E-state index in [1.807, 2.05) is 12.2 Å². The van der Waals surface area contributed by atoms with E-state index in [4.69, 9.17) is 10.5 Å². The summed E-state index contributed by atoms with van der Waals surface area (Å²) >= 11 is 3.35. The quantitative estimate of drug-likeness (QED) is 0.400. The number of nitrogens with two attached hydrogens (primary N) is 1. The molecule has 2 fully saturated rings. The molecule has 0 radical (unpaired) electrons. The molecule has 0 spiro atoms. The Morgan fingerprint density at radius 1 is 1.24 bits per heavy atom. The number of hydrogen-bond donors (Lipinski definition) is 4. The zero-order chi connectivity index (χ0) is 27.0. The van der Waals surface area contributed by atoms with Crippen LogP contribution < -0.4 is 15.8 Å². The fourth-order valence-corrected chi connectivity index (χ4v) is 5.82. The largest absolute Gasteiger partial charge is 0.506 e. The van der Waals surface area contributed by atoms with Crippen molar-refractivity contribution in [2.45, 2.75) is 68.7 Å². The summed E-state index contributed by atoms with van der Waals surface area (Å²) in [6.45, 7) is 0.0791. The fraction of sp³-hybridized carbons (Fsp3) is 0.481. The molecule has 0 unspecified atom stereocenters. The molecule has 5 N–H and O–H groups in total. The molecule has 5 atom stereocenters. The number of ether oxygens (including phenoxy) is 1. The molecule has 1 aliphatic carbocycles. The van der Waals surface area contributed by atoms with Crippen molar-refractivity contribution in [3.8, 4) is 11.6 Å². The summed E-state index contributed by atoms with van der Waals surface area (Å²) < 4.78 is 6.39. The molecule has 0 bridgehead atoms. The first-order valence-corrected chi connectivity index (χ1v) is 13.7. The first kappa shape index (κ1) is 26.4. The number of fused-ring (bicyclic) bond motifs is 3. The lowest BCUT2D eigenvalue weighted by atomic mass is 10.1. The van der Waals surface area contributed by atoms with Crippen LogP contribution >= 0.6 is 15.9 Å². The highest BCUT2D eigenvalue weighted by atomic mass is 79.9. The van der Waals surface area contributed by atoms with Gasteiger partial charge in [0.15, 0.2) is 0 Å². The molecule has 2 aromatic rings. The number of pyridine rings is 1. The Balaban J connectivity index is 1.42.